The second-order valence-corrected chi connectivity index (χ2v) is 36.3. The molecule has 650 valence electrons. The number of ether oxygens (including phenoxy) is 10. The molecule has 4 unspecified atom stereocenters. The number of phenolic OH excluding ortho intramolecular Hbond substituents is 2. The number of piperazine rings is 2. The Bertz CT molecular complexity index is 4380. The summed E-state index contributed by atoms with van der Waals surface area (Å²) in [4.78, 5) is 84.3. The van der Waals surface area contributed by atoms with Gasteiger partial charge in [0.1, 0.15) is 49.1 Å². The Kier molecular flexibility index (Phi) is 30.5. The van der Waals surface area contributed by atoms with E-state index in [1.54, 1.807) is 0 Å². The summed E-state index contributed by atoms with van der Waals surface area (Å²) in [6.07, 6.45) is 31.9. The van der Waals surface area contributed by atoms with Crippen LogP contribution < -0.4 is 59.2 Å². The third-order valence-corrected chi connectivity index (χ3v) is 28.6. The summed E-state index contributed by atoms with van der Waals surface area (Å²) in [6.45, 7) is 14.1. The first-order chi connectivity index (χ1) is 57.6. The number of aromatic hydroxyl groups is 2. The summed E-state index contributed by atoms with van der Waals surface area (Å²) in [5, 5.41) is 59.1. The molecular weight excluding hydrogens is 1560 g/mol. The molecule has 26 nitrogen and oxygen atoms in total. The van der Waals surface area contributed by atoms with Gasteiger partial charge in [-0.1, -0.05) is 180 Å². The van der Waals surface area contributed by atoms with E-state index < -0.39 is 101 Å². The van der Waals surface area contributed by atoms with E-state index in [-0.39, 0.29) is 67.7 Å². The number of thioether (sulfide) groups is 2. The second-order valence-electron chi connectivity index (χ2n) is 34.0. The zero-order valence-corrected chi connectivity index (χ0v) is 72.9. The fourth-order valence-electron chi connectivity index (χ4n) is 20.3. The maximum atomic E-state index is 13.9. The van der Waals surface area contributed by atoms with Crippen molar-refractivity contribution >= 4 is 59.2 Å². The topological polar surface area (TPSA) is 334 Å². The Morgan fingerprint density at radius 2 is 0.866 bits per heavy atom. The van der Waals surface area contributed by atoms with Gasteiger partial charge < -0.3 is 84.0 Å². The minimum Gasteiger partial charge on any atom is -0.504 e. The molecule has 0 aromatic heterocycles. The van der Waals surface area contributed by atoms with Crippen LogP contribution in [0.5, 0.6) is 57.5 Å². The van der Waals surface area contributed by atoms with Crippen LogP contribution in [0.15, 0.2) is 12.1 Å². The van der Waals surface area contributed by atoms with Crippen molar-refractivity contribution in [3.05, 3.63) is 78.9 Å². The number of methoxy groups -OCH3 is 2. The van der Waals surface area contributed by atoms with Crippen LogP contribution in [-0.4, -0.2) is 162 Å². The maximum absolute atomic E-state index is 13.9. The fraction of sp³-hybridized carbons (Fsp3) is 0.659. The highest BCUT2D eigenvalue weighted by Gasteiger charge is 2.61. The zero-order chi connectivity index (χ0) is 84.3. The van der Waals surface area contributed by atoms with Crippen molar-refractivity contribution in [3.63, 3.8) is 0 Å². The average Bonchev–Trinajstić information content (AvgIpc) is 1.56. The lowest BCUT2D eigenvalue weighted by Gasteiger charge is -2.59. The number of carbonyl (C=O) groups excluding carboxylic acids is 6. The Morgan fingerprint density at radius 3 is 1.25 bits per heavy atom. The molecule has 7 N–H and O–H groups in total. The van der Waals surface area contributed by atoms with Crippen molar-refractivity contribution < 1.29 is 91.5 Å². The molecule has 8 bridgehead atoms. The molecule has 12 heterocycles. The molecule has 12 aliphatic rings. The third-order valence-electron chi connectivity index (χ3n) is 25.8. The Labute approximate surface area is 709 Å². The van der Waals surface area contributed by atoms with E-state index in [9.17, 15) is 49.3 Å². The van der Waals surface area contributed by atoms with Gasteiger partial charge in [-0.2, -0.15) is 5.26 Å². The summed E-state index contributed by atoms with van der Waals surface area (Å²) in [5.74, 6) is 0.974. The predicted octanol–water partition coefficient (Wildman–Crippen LogP) is 15.1. The molecule has 0 saturated carbocycles. The van der Waals surface area contributed by atoms with E-state index >= 15 is 0 Å². The van der Waals surface area contributed by atoms with E-state index in [4.69, 9.17) is 47.4 Å². The molecule has 4 saturated heterocycles. The summed E-state index contributed by atoms with van der Waals surface area (Å²) in [6, 6.07) is -0.344. The van der Waals surface area contributed by atoms with Crippen LogP contribution in [0.25, 0.3) is 0 Å². The molecule has 0 spiro atoms. The SMILES string of the molecule is CCCCCCCCCCCCCCCC(=O)NC1CS[C@@H]2c3c(OC(C)=O)c(C)c4c(c3[C@H](COC1=O)N1C2[C@@H]2N[C@@H](Cc3cc(C)c(OC)c(O)c32)[C@@H]1C#N)OCO4.CCCCCCCCCCCCCCCC(=O)NC1CS[C@@H]2c3c(OC(C)=O)c(C)c4c(c3[C@H](COC1=O)N1C2[C@@H]2N[C@@H](Cc3cc(C)c(OC)c(O)c32)[C@@H]1O)OCO4. The molecule has 2 amide bonds. The van der Waals surface area contributed by atoms with Gasteiger partial charge in [-0.15, -0.1) is 23.5 Å². The van der Waals surface area contributed by atoms with Gasteiger partial charge in [-0.05, 0) is 75.6 Å². The first kappa shape index (κ1) is 88.9. The zero-order valence-electron chi connectivity index (χ0n) is 71.2. The van der Waals surface area contributed by atoms with E-state index in [0.717, 1.165) is 60.8 Å². The Hall–Kier alpha value is -7.91. The normalized spacial score (nSPS) is 25.2. The van der Waals surface area contributed by atoms with Gasteiger partial charge in [-0.3, -0.25) is 29.0 Å². The molecule has 12 aliphatic heterocycles. The third kappa shape index (κ3) is 19.0. The number of hydrogen-bond acceptors (Lipinski definition) is 26. The average molecular weight is 1690 g/mol. The number of aliphatic hydroxyl groups is 1. The summed E-state index contributed by atoms with van der Waals surface area (Å²) < 4.78 is 59.9. The van der Waals surface area contributed by atoms with Gasteiger partial charge >= 0.3 is 23.9 Å². The van der Waals surface area contributed by atoms with Crippen LogP contribution in [0.4, 0.5) is 0 Å². The van der Waals surface area contributed by atoms with Crippen molar-refractivity contribution in [1.82, 2.24) is 31.1 Å². The van der Waals surface area contributed by atoms with Crippen molar-refractivity contribution in [2.75, 3.05) is 52.5 Å². The number of fused-ring (bicyclic) bond motifs is 20. The molecule has 119 heavy (non-hydrogen) atoms. The number of amides is 2. The fourth-order valence-corrected chi connectivity index (χ4v) is 23.3. The van der Waals surface area contributed by atoms with Gasteiger partial charge in [0.25, 0.3) is 0 Å². The minimum atomic E-state index is -1.04. The molecule has 0 aliphatic carbocycles. The van der Waals surface area contributed by atoms with Gasteiger partial charge in [0.15, 0.2) is 46.0 Å². The molecule has 14 atom stereocenters. The Balaban J connectivity index is 0.000000206. The predicted molar refractivity (Wildman–Crippen MR) is 452 cm³/mol. The molecule has 28 heteroatoms. The van der Waals surface area contributed by atoms with Crippen molar-refractivity contribution in [2.45, 2.75) is 331 Å². The number of rotatable bonds is 34. The van der Waals surface area contributed by atoms with E-state index in [0.29, 0.717) is 116 Å². The van der Waals surface area contributed by atoms with Gasteiger partial charge in [-0.25, -0.2) is 9.59 Å². The van der Waals surface area contributed by atoms with Crippen LogP contribution in [0.1, 0.15) is 309 Å². The lowest BCUT2D eigenvalue weighted by atomic mass is 9.72. The monoisotopic (exact) mass is 1680 g/mol. The summed E-state index contributed by atoms with van der Waals surface area (Å²) >= 11 is 2.84. The van der Waals surface area contributed by atoms with Crippen LogP contribution >= 0.6 is 23.5 Å². The highest BCUT2D eigenvalue weighted by Crippen LogP contribution is 2.65. The highest BCUT2D eigenvalue weighted by atomic mass is 32.2. The van der Waals surface area contributed by atoms with Crippen LogP contribution in [0, 0.1) is 39.0 Å². The second kappa shape index (κ2) is 40.8. The first-order valence-corrected chi connectivity index (χ1v) is 46.1. The largest absolute Gasteiger partial charge is 0.504 e. The summed E-state index contributed by atoms with van der Waals surface area (Å²) in [5.41, 5.74) is 8.54. The van der Waals surface area contributed by atoms with Crippen molar-refractivity contribution in [2.24, 2.45) is 0 Å². The van der Waals surface area contributed by atoms with Crippen LogP contribution in [0.2, 0.25) is 0 Å². The number of phenols is 2. The van der Waals surface area contributed by atoms with Gasteiger partial charge in [0.2, 0.25) is 25.4 Å². The number of unbranched alkanes of at least 4 members (excludes halogenated alkanes) is 24. The smallest absolute Gasteiger partial charge is 0.329 e. The lowest BCUT2D eigenvalue weighted by Crippen LogP contribution is -2.69. The lowest BCUT2D eigenvalue weighted by molar-refractivity contribution is -0.160. The number of aliphatic hydroxyl groups excluding tert-OH is 1. The molecule has 4 aromatic carbocycles. The van der Waals surface area contributed by atoms with Crippen molar-refractivity contribution in [1.29, 1.82) is 5.26 Å². The highest BCUT2D eigenvalue weighted by molar-refractivity contribution is 7.99. The Morgan fingerprint density at radius 1 is 0.504 bits per heavy atom. The number of aryl methyl sites for hydroxylation is 2. The van der Waals surface area contributed by atoms with Gasteiger partial charge in [0.05, 0.1) is 61.0 Å². The first-order valence-electron chi connectivity index (χ1n) is 44.0. The number of benzene rings is 4. The molecule has 0 radical (unpaired) electrons. The summed E-state index contributed by atoms with van der Waals surface area (Å²) in [7, 11) is 3.06. The number of nitrogens with zero attached hydrogens (tertiary/aromatic N) is 3. The molecular formula is C91H125N7O19S2. The van der Waals surface area contributed by atoms with Crippen molar-refractivity contribution in [3.8, 4) is 63.6 Å². The standard InChI is InChI=1S/C46H62N4O9S.C45H63N3O10S/c1-6-7-8-9-10-11-12-13-14-15-16-17-18-19-34(52)48-31-24-60-45-37-36(44-43(57-25-58-44)27(3)42(37)59-28(4)51)33(23-56-46(31)54)50-32(22-47)30-21-29-20-26(2)41(55-5)40(53)35(29)38(49-30)39(45)50;1-6-7-8-9-10-11-12-13-14-15-16-17-18-19-32(50)46-30-23-59-43-35-34(42-41(56-24-57-42)26(3)40(35)58-27(4)49)31(22-55-45(30)53)48-37(43)36-33-28(21-29(47-36)44(48)52)20-25(2)39(54-5)38(33)51/h20,30-33,38-39,45,49,53H,6-19,21,23-25H2,1-5H3,(H,48,52);20,29-31,36-37,43-44,47,51-52H,6-19,21-24H2,1-5H3,(H,46,50)/t30-,31?,32-,33-,38+,39?,45+;29-,30?,31-,36+,37?,43+,44-/m00/s1. The maximum Gasteiger partial charge on any atom is 0.329 e. The number of hydrogen-bond donors (Lipinski definition) is 7. The number of nitrogens with one attached hydrogen (secondary N) is 4. The van der Waals surface area contributed by atoms with Gasteiger partial charge in [0, 0.05) is 101 Å². The number of esters is 4. The number of nitriles is 1. The van der Waals surface area contributed by atoms with Crippen LogP contribution in [0.3, 0.4) is 0 Å². The van der Waals surface area contributed by atoms with E-state index in [2.05, 4.69) is 46.1 Å². The van der Waals surface area contributed by atoms with Crippen LogP contribution in [-0.2, 0) is 51.1 Å². The van der Waals surface area contributed by atoms with E-state index in [1.807, 2.05) is 44.7 Å². The minimum absolute atomic E-state index is 0.0276. The molecule has 4 aromatic rings. The molecule has 4 fully saturated rings. The van der Waals surface area contributed by atoms with E-state index in [1.165, 1.54) is 180 Å². The number of carbonyl (C=O) groups is 6. The molecule has 16 rings (SSSR count). The quantitative estimate of drug-likeness (QED) is 0.0130.